The summed E-state index contributed by atoms with van der Waals surface area (Å²) in [5.74, 6) is 1.43. The zero-order valence-electron chi connectivity index (χ0n) is 12.9. The van der Waals surface area contributed by atoms with Gasteiger partial charge in [0.15, 0.2) is 0 Å². The van der Waals surface area contributed by atoms with Crippen molar-refractivity contribution in [2.75, 3.05) is 24.6 Å². The van der Waals surface area contributed by atoms with Crippen molar-refractivity contribution in [1.29, 1.82) is 0 Å². The Labute approximate surface area is 124 Å². The van der Waals surface area contributed by atoms with Crippen LogP contribution in [0.15, 0.2) is 10.9 Å². The fourth-order valence-corrected chi connectivity index (χ4v) is 2.50. The van der Waals surface area contributed by atoms with E-state index in [0.717, 1.165) is 25.9 Å². The van der Waals surface area contributed by atoms with Gasteiger partial charge in [-0.2, -0.15) is 0 Å². The predicted molar refractivity (Wildman–Crippen MR) is 80.5 cm³/mol. The molecular formula is C15H23N3O3. The quantitative estimate of drug-likeness (QED) is 0.855. The Kier molecular flexibility index (Phi) is 4.98. The lowest BCUT2D eigenvalue weighted by Crippen LogP contribution is -2.38. The summed E-state index contributed by atoms with van der Waals surface area (Å²) < 4.78 is 5.06. The van der Waals surface area contributed by atoms with E-state index >= 15 is 0 Å². The molecule has 6 heteroatoms. The molecular weight excluding hydrogens is 270 g/mol. The standard InChI is InChI=1S/C15H23N3O3/c1-4-21-15(20)11-5-7-18(8-6-11)12-9-13(19)17-14(16-12)10(2)3/h9-11H,4-8H2,1-3H3,(H,16,17,19). The number of nitrogens with one attached hydrogen (secondary N) is 1. The second-order valence-corrected chi connectivity index (χ2v) is 5.66. The highest BCUT2D eigenvalue weighted by atomic mass is 16.5. The number of aromatic amines is 1. The van der Waals surface area contributed by atoms with Gasteiger partial charge in [0.05, 0.1) is 12.5 Å². The fourth-order valence-electron chi connectivity index (χ4n) is 2.50. The average Bonchev–Trinajstić information content (AvgIpc) is 2.47. The van der Waals surface area contributed by atoms with Crippen molar-refractivity contribution in [1.82, 2.24) is 9.97 Å². The third kappa shape index (κ3) is 3.83. The molecule has 0 unspecified atom stereocenters. The first-order valence-corrected chi connectivity index (χ1v) is 7.54. The first-order valence-electron chi connectivity index (χ1n) is 7.54. The first-order chi connectivity index (χ1) is 10.0. The van der Waals surface area contributed by atoms with E-state index in [1.54, 1.807) is 0 Å². The Morgan fingerprint density at radius 3 is 2.71 bits per heavy atom. The fraction of sp³-hybridized carbons (Fsp3) is 0.667. The van der Waals surface area contributed by atoms with Gasteiger partial charge in [0.2, 0.25) is 0 Å². The Balaban J connectivity index is 2.05. The van der Waals surface area contributed by atoms with Crippen molar-refractivity contribution < 1.29 is 9.53 Å². The number of esters is 1. The largest absolute Gasteiger partial charge is 0.466 e. The van der Waals surface area contributed by atoms with E-state index in [2.05, 4.69) is 14.9 Å². The minimum absolute atomic E-state index is 0.0345. The first kappa shape index (κ1) is 15.5. The molecule has 1 fully saturated rings. The summed E-state index contributed by atoms with van der Waals surface area (Å²) in [6, 6.07) is 1.52. The zero-order chi connectivity index (χ0) is 15.4. The van der Waals surface area contributed by atoms with Gasteiger partial charge in [0, 0.05) is 25.1 Å². The van der Waals surface area contributed by atoms with Crippen LogP contribution in [0, 0.1) is 5.92 Å². The Morgan fingerprint density at radius 1 is 1.48 bits per heavy atom. The van der Waals surface area contributed by atoms with Crippen LogP contribution in [0.25, 0.3) is 0 Å². The van der Waals surface area contributed by atoms with Crippen molar-refractivity contribution in [2.45, 2.75) is 39.5 Å². The van der Waals surface area contributed by atoms with Crippen molar-refractivity contribution in [3.63, 3.8) is 0 Å². The van der Waals surface area contributed by atoms with Crippen molar-refractivity contribution in [2.24, 2.45) is 5.92 Å². The molecule has 1 aromatic heterocycles. The summed E-state index contributed by atoms with van der Waals surface area (Å²) in [7, 11) is 0. The lowest BCUT2D eigenvalue weighted by Gasteiger charge is -2.31. The molecule has 2 heterocycles. The van der Waals surface area contributed by atoms with Crippen molar-refractivity contribution >= 4 is 11.8 Å². The Bertz CT molecular complexity index is 545. The van der Waals surface area contributed by atoms with Gasteiger partial charge < -0.3 is 14.6 Å². The highest BCUT2D eigenvalue weighted by molar-refractivity contribution is 5.72. The summed E-state index contributed by atoms with van der Waals surface area (Å²) >= 11 is 0. The van der Waals surface area contributed by atoms with Gasteiger partial charge in [0.1, 0.15) is 11.6 Å². The molecule has 1 aromatic rings. The molecule has 1 aliphatic heterocycles. The molecule has 1 N–H and O–H groups in total. The van der Waals surface area contributed by atoms with Gasteiger partial charge in [-0.3, -0.25) is 9.59 Å². The van der Waals surface area contributed by atoms with Crippen molar-refractivity contribution in [3.05, 3.63) is 22.2 Å². The van der Waals surface area contributed by atoms with E-state index in [4.69, 9.17) is 4.74 Å². The van der Waals surface area contributed by atoms with Gasteiger partial charge >= 0.3 is 5.97 Å². The molecule has 0 amide bonds. The molecule has 21 heavy (non-hydrogen) atoms. The normalized spacial score (nSPS) is 16.3. The van der Waals surface area contributed by atoms with Crippen LogP contribution in [0.1, 0.15) is 45.4 Å². The number of rotatable bonds is 4. The van der Waals surface area contributed by atoms with Gasteiger partial charge in [-0.1, -0.05) is 13.8 Å². The van der Waals surface area contributed by atoms with Crippen LogP contribution in [-0.2, 0) is 9.53 Å². The molecule has 0 radical (unpaired) electrons. The molecule has 2 rings (SSSR count). The summed E-state index contributed by atoms with van der Waals surface area (Å²) in [6.07, 6.45) is 1.48. The second kappa shape index (κ2) is 6.74. The number of anilines is 1. The predicted octanol–water partition coefficient (Wildman–Crippen LogP) is 1.67. The molecule has 0 saturated carbocycles. The summed E-state index contributed by atoms with van der Waals surface area (Å²) in [6.45, 7) is 7.67. The highest BCUT2D eigenvalue weighted by Gasteiger charge is 2.26. The van der Waals surface area contributed by atoms with Crippen LogP contribution in [0.4, 0.5) is 5.82 Å². The number of hydrogen-bond acceptors (Lipinski definition) is 5. The number of hydrogen-bond donors (Lipinski definition) is 1. The van der Waals surface area contributed by atoms with E-state index in [0.29, 0.717) is 18.2 Å². The zero-order valence-corrected chi connectivity index (χ0v) is 12.9. The maximum absolute atomic E-state index is 11.7. The maximum atomic E-state index is 11.7. The van der Waals surface area contributed by atoms with E-state index in [1.807, 2.05) is 20.8 Å². The molecule has 0 aromatic carbocycles. The van der Waals surface area contributed by atoms with E-state index in [9.17, 15) is 9.59 Å². The lowest BCUT2D eigenvalue weighted by molar-refractivity contribution is -0.148. The van der Waals surface area contributed by atoms with Crippen LogP contribution in [0.3, 0.4) is 0 Å². The number of nitrogens with zero attached hydrogens (tertiary/aromatic N) is 2. The van der Waals surface area contributed by atoms with E-state index in [1.165, 1.54) is 6.07 Å². The molecule has 0 atom stereocenters. The van der Waals surface area contributed by atoms with Crippen LogP contribution in [-0.4, -0.2) is 35.6 Å². The highest BCUT2D eigenvalue weighted by Crippen LogP contribution is 2.22. The molecule has 116 valence electrons. The van der Waals surface area contributed by atoms with Crippen molar-refractivity contribution in [3.8, 4) is 0 Å². The number of piperidine rings is 1. The minimum atomic E-state index is -0.129. The number of H-pyrrole nitrogens is 1. The topological polar surface area (TPSA) is 75.3 Å². The van der Waals surface area contributed by atoms with Gasteiger partial charge in [-0.15, -0.1) is 0 Å². The maximum Gasteiger partial charge on any atom is 0.309 e. The van der Waals surface area contributed by atoms with Gasteiger partial charge in [-0.05, 0) is 19.8 Å². The lowest BCUT2D eigenvalue weighted by atomic mass is 9.97. The number of ether oxygens (including phenoxy) is 1. The minimum Gasteiger partial charge on any atom is -0.466 e. The van der Waals surface area contributed by atoms with Crippen LogP contribution in [0.5, 0.6) is 0 Å². The van der Waals surface area contributed by atoms with Gasteiger partial charge in [0.25, 0.3) is 5.56 Å². The van der Waals surface area contributed by atoms with Crippen LogP contribution >= 0.6 is 0 Å². The molecule has 0 aliphatic carbocycles. The molecule has 1 aliphatic rings. The number of aromatic nitrogens is 2. The summed E-state index contributed by atoms with van der Waals surface area (Å²) in [5.41, 5.74) is -0.129. The van der Waals surface area contributed by atoms with Crippen LogP contribution < -0.4 is 10.5 Å². The third-order valence-corrected chi connectivity index (χ3v) is 3.73. The molecule has 0 spiro atoms. The summed E-state index contributed by atoms with van der Waals surface area (Å²) in [4.78, 5) is 32.8. The number of carbonyl (C=O) groups excluding carboxylic acids is 1. The van der Waals surface area contributed by atoms with E-state index < -0.39 is 0 Å². The van der Waals surface area contributed by atoms with Crippen LogP contribution in [0.2, 0.25) is 0 Å². The smallest absolute Gasteiger partial charge is 0.309 e. The number of carbonyl (C=O) groups is 1. The Hall–Kier alpha value is -1.85. The summed E-state index contributed by atoms with van der Waals surface area (Å²) in [5, 5.41) is 0. The van der Waals surface area contributed by atoms with E-state index in [-0.39, 0.29) is 23.4 Å². The molecule has 0 bridgehead atoms. The second-order valence-electron chi connectivity index (χ2n) is 5.66. The monoisotopic (exact) mass is 293 g/mol. The SMILES string of the molecule is CCOC(=O)C1CCN(c2cc(=O)[nH]c(C(C)C)n2)CC1. The van der Waals surface area contributed by atoms with Gasteiger partial charge in [-0.25, -0.2) is 4.98 Å². The third-order valence-electron chi connectivity index (χ3n) is 3.73. The molecule has 6 nitrogen and oxygen atoms in total. The molecule has 1 saturated heterocycles. The average molecular weight is 293 g/mol. The Morgan fingerprint density at radius 2 is 2.14 bits per heavy atom.